The molecule has 0 aliphatic heterocycles. The molecule has 4 rings (SSSR count). The summed E-state index contributed by atoms with van der Waals surface area (Å²) in [6.45, 7) is 1.87. The minimum atomic E-state index is -4.56. The highest BCUT2D eigenvalue weighted by Crippen LogP contribution is 2.41. The first-order valence-corrected chi connectivity index (χ1v) is 11.6. The quantitative estimate of drug-likeness (QED) is 0.437. The van der Waals surface area contributed by atoms with Crippen LogP contribution in [-0.4, -0.2) is 26.0 Å². The molecule has 1 fully saturated rings. The summed E-state index contributed by atoms with van der Waals surface area (Å²) in [4.78, 5) is 24.3. The molecule has 2 atom stereocenters. The molecular weight excluding hydrogens is 467 g/mol. The molecule has 1 aliphatic carbocycles. The maximum Gasteiger partial charge on any atom is 0.433 e. The van der Waals surface area contributed by atoms with Crippen molar-refractivity contribution in [3.63, 3.8) is 0 Å². The number of aromatic nitrogens is 3. The number of alkyl halides is 3. The van der Waals surface area contributed by atoms with Gasteiger partial charge in [-0.25, -0.2) is 15.0 Å². The average molecular weight is 492 g/mol. The molecule has 0 radical (unpaired) electrons. The fraction of sp³-hybridized carbons (Fsp3) is 0.391. The SMILES string of the molecule is Cc1cc(Nc2nccc(C(F)(F)F)n2)cc(-c2cnc([C@]3(O)CCC[C@H](C(N)=O)CC3)s2)c1. The van der Waals surface area contributed by atoms with Crippen molar-refractivity contribution < 1.29 is 23.1 Å². The fourth-order valence-corrected chi connectivity index (χ4v) is 5.20. The Morgan fingerprint density at radius 3 is 2.76 bits per heavy atom. The van der Waals surface area contributed by atoms with Crippen LogP contribution in [0.3, 0.4) is 0 Å². The molecule has 1 saturated carbocycles. The van der Waals surface area contributed by atoms with Gasteiger partial charge in [0.25, 0.3) is 0 Å². The van der Waals surface area contributed by atoms with E-state index < -0.39 is 17.5 Å². The molecule has 7 nitrogen and oxygen atoms in total. The number of carbonyl (C=O) groups is 1. The first kappa shape index (κ1) is 24.1. The summed E-state index contributed by atoms with van der Waals surface area (Å²) in [5.74, 6) is -0.737. The van der Waals surface area contributed by atoms with Crippen molar-refractivity contribution in [2.24, 2.45) is 11.7 Å². The fourth-order valence-electron chi connectivity index (χ4n) is 4.15. The molecular formula is C23H24F3N5O2S. The summed E-state index contributed by atoms with van der Waals surface area (Å²) in [6.07, 6.45) is 0.906. The number of aryl methyl sites for hydroxylation is 1. The number of rotatable bonds is 5. The van der Waals surface area contributed by atoms with Crippen LogP contribution in [0.15, 0.2) is 36.7 Å². The van der Waals surface area contributed by atoms with E-state index in [1.807, 2.05) is 13.0 Å². The highest BCUT2D eigenvalue weighted by atomic mass is 32.1. The Kier molecular flexibility index (Phi) is 6.59. The molecule has 4 N–H and O–H groups in total. The van der Waals surface area contributed by atoms with Gasteiger partial charge in [0.05, 0.1) is 4.88 Å². The standard InChI is InChI=1S/C23H24F3N5O2S/c1-13-9-15(11-16(10-13)30-21-28-8-5-18(31-21)23(24,25)26)17-12-29-20(34-17)22(33)6-2-3-14(4-7-22)19(27)32/h5,8-12,14,33H,2-4,6-7H2,1H3,(H2,27,32)(H,28,30,31)/t14-,22-/m0/s1. The molecule has 0 bridgehead atoms. The van der Waals surface area contributed by atoms with E-state index in [4.69, 9.17) is 5.73 Å². The van der Waals surface area contributed by atoms with Crippen LogP contribution < -0.4 is 11.1 Å². The van der Waals surface area contributed by atoms with Crippen molar-refractivity contribution in [2.45, 2.75) is 50.8 Å². The van der Waals surface area contributed by atoms with Gasteiger partial charge >= 0.3 is 6.18 Å². The van der Waals surface area contributed by atoms with Crippen molar-refractivity contribution in [1.29, 1.82) is 0 Å². The third-order valence-corrected chi connectivity index (χ3v) is 7.16. The first-order chi connectivity index (χ1) is 16.0. The number of nitrogens with two attached hydrogens (primary N) is 1. The number of hydrogen-bond donors (Lipinski definition) is 3. The molecule has 2 heterocycles. The van der Waals surface area contributed by atoms with Crippen molar-refractivity contribution in [3.8, 4) is 10.4 Å². The highest BCUT2D eigenvalue weighted by molar-refractivity contribution is 7.15. The predicted molar refractivity (Wildman–Crippen MR) is 122 cm³/mol. The Bertz CT molecular complexity index is 1200. The molecule has 1 amide bonds. The number of nitrogens with one attached hydrogen (secondary N) is 1. The summed E-state index contributed by atoms with van der Waals surface area (Å²) in [6, 6.07) is 6.29. The molecule has 1 aliphatic rings. The second-order valence-electron chi connectivity index (χ2n) is 8.57. The van der Waals surface area contributed by atoms with E-state index in [1.165, 1.54) is 11.3 Å². The molecule has 180 valence electrons. The number of primary amides is 1. The number of aliphatic hydroxyl groups is 1. The highest BCUT2D eigenvalue weighted by Gasteiger charge is 2.36. The van der Waals surface area contributed by atoms with Gasteiger partial charge < -0.3 is 16.2 Å². The van der Waals surface area contributed by atoms with E-state index in [9.17, 15) is 23.1 Å². The number of hydrogen-bond acceptors (Lipinski definition) is 7. The summed E-state index contributed by atoms with van der Waals surface area (Å²) in [5.41, 5.74) is 5.50. The van der Waals surface area contributed by atoms with Crippen LogP contribution in [0.2, 0.25) is 0 Å². The number of carbonyl (C=O) groups excluding carboxylic acids is 1. The van der Waals surface area contributed by atoms with Crippen LogP contribution in [0.25, 0.3) is 10.4 Å². The first-order valence-electron chi connectivity index (χ1n) is 10.8. The predicted octanol–water partition coefficient (Wildman–Crippen LogP) is 4.92. The Morgan fingerprint density at radius 2 is 2.03 bits per heavy atom. The lowest BCUT2D eigenvalue weighted by atomic mass is 9.94. The number of amides is 1. The van der Waals surface area contributed by atoms with Crippen LogP contribution in [-0.2, 0) is 16.6 Å². The average Bonchev–Trinajstić information content (AvgIpc) is 3.18. The van der Waals surface area contributed by atoms with E-state index >= 15 is 0 Å². The maximum atomic E-state index is 13.0. The van der Waals surface area contributed by atoms with Crippen LogP contribution in [0.5, 0.6) is 0 Å². The van der Waals surface area contributed by atoms with E-state index in [-0.39, 0.29) is 17.8 Å². The number of thiazole rings is 1. The summed E-state index contributed by atoms with van der Waals surface area (Å²) in [7, 11) is 0. The Balaban J connectivity index is 1.57. The lowest BCUT2D eigenvalue weighted by molar-refractivity contribution is -0.141. The number of nitrogens with zero attached hydrogens (tertiary/aromatic N) is 3. The topological polar surface area (TPSA) is 114 Å². The van der Waals surface area contributed by atoms with Crippen LogP contribution in [0.4, 0.5) is 24.8 Å². The van der Waals surface area contributed by atoms with Crippen molar-refractivity contribution in [3.05, 3.63) is 52.9 Å². The molecule has 34 heavy (non-hydrogen) atoms. The zero-order chi connectivity index (χ0) is 24.5. The minimum absolute atomic E-state index is 0.159. The third-order valence-electron chi connectivity index (χ3n) is 5.92. The lowest BCUT2D eigenvalue weighted by Crippen LogP contribution is -2.26. The monoisotopic (exact) mass is 491 g/mol. The van der Waals surface area contributed by atoms with Crippen LogP contribution in [0.1, 0.15) is 48.4 Å². The van der Waals surface area contributed by atoms with Gasteiger partial charge in [0, 0.05) is 24.0 Å². The van der Waals surface area contributed by atoms with Gasteiger partial charge in [-0.2, -0.15) is 13.2 Å². The number of halogens is 3. The van der Waals surface area contributed by atoms with Gasteiger partial charge in [0.1, 0.15) is 16.3 Å². The van der Waals surface area contributed by atoms with Crippen molar-refractivity contribution in [1.82, 2.24) is 15.0 Å². The van der Waals surface area contributed by atoms with Gasteiger partial charge in [-0.1, -0.05) is 6.07 Å². The Labute approximate surface area is 198 Å². The van der Waals surface area contributed by atoms with Crippen LogP contribution >= 0.6 is 11.3 Å². The van der Waals surface area contributed by atoms with E-state index in [2.05, 4.69) is 20.3 Å². The second-order valence-corrected chi connectivity index (χ2v) is 9.60. The largest absolute Gasteiger partial charge is 0.433 e. The molecule has 0 unspecified atom stereocenters. The molecule has 0 spiro atoms. The van der Waals surface area contributed by atoms with Gasteiger partial charge in [0.15, 0.2) is 0 Å². The molecule has 3 aromatic rings. The summed E-state index contributed by atoms with van der Waals surface area (Å²) < 4.78 is 38.9. The summed E-state index contributed by atoms with van der Waals surface area (Å²) in [5, 5.41) is 14.7. The molecule has 1 aromatic carbocycles. The third kappa shape index (κ3) is 5.36. The Hall–Kier alpha value is -3.05. The number of benzene rings is 1. The van der Waals surface area contributed by atoms with Crippen molar-refractivity contribution >= 4 is 28.9 Å². The van der Waals surface area contributed by atoms with E-state index in [1.54, 1.807) is 18.3 Å². The van der Waals surface area contributed by atoms with Crippen molar-refractivity contribution in [2.75, 3.05) is 5.32 Å². The van der Waals surface area contributed by atoms with Gasteiger partial charge in [-0.3, -0.25) is 4.79 Å². The molecule has 2 aromatic heterocycles. The smallest absolute Gasteiger partial charge is 0.383 e. The normalized spacial score (nSPS) is 21.1. The second kappa shape index (κ2) is 9.30. The maximum absolute atomic E-state index is 13.0. The Morgan fingerprint density at radius 1 is 1.24 bits per heavy atom. The zero-order valence-corrected chi connectivity index (χ0v) is 19.2. The van der Waals surface area contributed by atoms with Gasteiger partial charge in [0.2, 0.25) is 11.9 Å². The molecule has 11 heteroatoms. The van der Waals surface area contributed by atoms with Gasteiger partial charge in [-0.05, 0) is 68.4 Å². The number of anilines is 2. The van der Waals surface area contributed by atoms with Crippen LogP contribution in [0, 0.1) is 12.8 Å². The minimum Gasteiger partial charge on any atom is -0.383 e. The lowest BCUT2D eigenvalue weighted by Gasteiger charge is -2.23. The molecule has 0 saturated heterocycles. The summed E-state index contributed by atoms with van der Waals surface area (Å²) >= 11 is 1.35. The van der Waals surface area contributed by atoms with E-state index in [0.29, 0.717) is 42.8 Å². The van der Waals surface area contributed by atoms with Gasteiger partial charge in [-0.15, -0.1) is 11.3 Å². The van der Waals surface area contributed by atoms with E-state index in [0.717, 1.165) is 28.3 Å². The zero-order valence-electron chi connectivity index (χ0n) is 18.4.